The van der Waals surface area contributed by atoms with E-state index in [1.54, 1.807) is 6.92 Å². The van der Waals surface area contributed by atoms with Crippen LogP contribution in [0.5, 0.6) is 0 Å². The zero-order valence-corrected chi connectivity index (χ0v) is 5.94. The van der Waals surface area contributed by atoms with Crippen LogP contribution in [0.25, 0.3) is 0 Å². The molecule has 0 unspecified atom stereocenters. The Hall–Kier alpha value is -0.530. The summed E-state index contributed by atoms with van der Waals surface area (Å²) in [5.74, 6) is -0.284. The van der Waals surface area contributed by atoms with Crippen LogP contribution in [0.4, 0.5) is 0 Å². The lowest BCUT2D eigenvalue weighted by atomic mass is 9.99. The van der Waals surface area contributed by atoms with E-state index in [0.29, 0.717) is 0 Å². The van der Waals surface area contributed by atoms with Gasteiger partial charge in [-0.05, 0) is 13.8 Å². The van der Waals surface area contributed by atoms with Crippen molar-refractivity contribution in [1.82, 2.24) is 0 Å². The fourth-order valence-electron chi connectivity index (χ4n) is 0.276. The number of hydrogen-bond acceptors (Lipinski definition) is 2. The normalized spacial score (nSPS) is 11.1. The van der Waals surface area contributed by atoms with E-state index in [2.05, 4.69) is 18.6 Å². The molecule has 0 saturated carbocycles. The molecule has 0 aromatic heterocycles. The average molecular weight is 128 g/mol. The van der Waals surface area contributed by atoms with Crippen LogP contribution in [-0.4, -0.2) is 12.6 Å². The molecule has 0 fully saturated rings. The van der Waals surface area contributed by atoms with Gasteiger partial charge in [0.2, 0.25) is 0 Å². The Morgan fingerprint density at radius 2 is 2.11 bits per heavy atom. The second kappa shape index (κ2) is 2.85. The highest BCUT2D eigenvalue weighted by atomic mass is 16.5. The zero-order valence-electron chi connectivity index (χ0n) is 5.94. The average Bonchev–Trinajstić information content (AvgIpc) is 1.59. The second-order valence-electron chi connectivity index (χ2n) is 2.59. The number of esters is 1. The summed E-state index contributed by atoms with van der Waals surface area (Å²) in [5, 5.41) is 0. The Kier molecular flexibility index (Phi) is 2.68. The molecule has 2 heteroatoms. The van der Waals surface area contributed by atoms with E-state index in [-0.39, 0.29) is 12.6 Å². The van der Waals surface area contributed by atoms with Crippen LogP contribution in [0.2, 0.25) is 0 Å². The molecule has 0 aliphatic carbocycles. The molecule has 2 nitrogen and oxygen atoms in total. The number of carbonyl (C=O) groups is 1. The van der Waals surface area contributed by atoms with E-state index >= 15 is 0 Å². The van der Waals surface area contributed by atoms with Gasteiger partial charge >= 0.3 is 5.97 Å². The van der Waals surface area contributed by atoms with Gasteiger partial charge in [0.25, 0.3) is 0 Å². The van der Waals surface area contributed by atoms with E-state index in [9.17, 15) is 4.79 Å². The smallest absolute Gasteiger partial charge is 0.302 e. The van der Waals surface area contributed by atoms with Crippen LogP contribution in [0.1, 0.15) is 13.8 Å². The lowest BCUT2D eigenvalue weighted by molar-refractivity contribution is -0.142. The first-order valence-electron chi connectivity index (χ1n) is 2.76. The molecular weight excluding hydrogens is 116 g/mol. The van der Waals surface area contributed by atoms with Gasteiger partial charge < -0.3 is 4.74 Å². The molecule has 0 N–H and O–H groups in total. The minimum atomic E-state index is -0.411. The summed E-state index contributed by atoms with van der Waals surface area (Å²) in [5.41, 5.74) is -0.411. The first-order chi connectivity index (χ1) is 3.92. The van der Waals surface area contributed by atoms with Gasteiger partial charge in [-0.2, -0.15) is 0 Å². The molecule has 52 valence electrons. The highest BCUT2D eigenvalue weighted by Gasteiger charge is 2.11. The Morgan fingerprint density at radius 1 is 1.67 bits per heavy atom. The summed E-state index contributed by atoms with van der Waals surface area (Å²) in [7, 11) is 0. The van der Waals surface area contributed by atoms with Crippen molar-refractivity contribution in [3.63, 3.8) is 0 Å². The van der Waals surface area contributed by atoms with Crippen LogP contribution >= 0.6 is 0 Å². The maximum Gasteiger partial charge on any atom is 0.302 e. The van der Waals surface area contributed by atoms with Crippen molar-refractivity contribution in [3.05, 3.63) is 13.8 Å². The van der Waals surface area contributed by atoms with Crippen LogP contribution in [-0.2, 0) is 9.53 Å². The lowest BCUT2D eigenvalue weighted by Gasteiger charge is -2.16. The van der Waals surface area contributed by atoms with E-state index in [0.717, 1.165) is 0 Å². The third-order valence-corrected chi connectivity index (χ3v) is 0.624. The summed E-state index contributed by atoms with van der Waals surface area (Å²) in [6.45, 7) is 10.8. The molecular formula is C7H12O2. The SMILES string of the molecule is [CH2]C([CH2])(C)COC(C)=O. The van der Waals surface area contributed by atoms with E-state index in [1.165, 1.54) is 6.92 Å². The summed E-state index contributed by atoms with van der Waals surface area (Å²) in [6.07, 6.45) is 0. The van der Waals surface area contributed by atoms with Crippen LogP contribution in [0.15, 0.2) is 0 Å². The zero-order chi connectivity index (χ0) is 7.49. The van der Waals surface area contributed by atoms with Crippen LogP contribution < -0.4 is 0 Å². The maximum atomic E-state index is 10.2. The van der Waals surface area contributed by atoms with Gasteiger partial charge in [0.05, 0.1) is 6.61 Å². The Morgan fingerprint density at radius 3 is 2.22 bits per heavy atom. The van der Waals surface area contributed by atoms with Crippen molar-refractivity contribution in [2.24, 2.45) is 5.41 Å². The third kappa shape index (κ3) is 7.47. The predicted molar refractivity (Wildman–Crippen MR) is 35.5 cm³/mol. The van der Waals surface area contributed by atoms with Gasteiger partial charge in [0.1, 0.15) is 0 Å². The molecule has 0 aliphatic rings. The van der Waals surface area contributed by atoms with Crippen LogP contribution in [0.3, 0.4) is 0 Å². The molecule has 0 aliphatic heterocycles. The number of rotatable bonds is 2. The molecule has 0 aromatic rings. The second-order valence-corrected chi connectivity index (χ2v) is 2.59. The fourth-order valence-corrected chi connectivity index (χ4v) is 0.276. The predicted octanol–water partition coefficient (Wildman–Crippen LogP) is 1.22. The maximum absolute atomic E-state index is 10.2. The molecule has 0 bridgehead atoms. The minimum absolute atomic E-state index is 0.280. The lowest BCUT2D eigenvalue weighted by Crippen LogP contribution is -2.17. The molecule has 0 amide bonds. The van der Waals surface area contributed by atoms with E-state index in [1.807, 2.05) is 0 Å². The van der Waals surface area contributed by atoms with Crippen molar-refractivity contribution in [2.75, 3.05) is 6.61 Å². The van der Waals surface area contributed by atoms with Gasteiger partial charge in [-0.3, -0.25) is 4.79 Å². The van der Waals surface area contributed by atoms with Crippen molar-refractivity contribution < 1.29 is 9.53 Å². The van der Waals surface area contributed by atoms with Crippen molar-refractivity contribution in [1.29, 1.82) is 0 Å². The molecule has 0 heterocycles. The standard InChI is InChI=1S/C7H12O2/c1-6(8)9-5-7(2,3)4/h2-3,5H2,1,4H3. The molecule has 0 saturated heterocycles. The molecule has 0 aromatic carbocycles. The first kappa shape index (κ1) is 8.47. The Bertz CT molecular complexity index is 100.0. The Balaban J connectivity index is 3.39. The summed E-state index contributed by atoms with van der Waals surface area (Å²) in [4.78, 5) is 10.2. The Labute approximate surface area is 56.2 Å². The largest absolute Gasteiger partial charge is 0.465 e. The molecule has 0 rings (SSSR count). The van der Waals surface area contributed by atoms with Crippen LogP contribution in [0, 0.1) is 19.3 Å². The first-order valence-corrected chi connectivity index (χ1v) is 2.76. The number of ether oxygens (including phenoxy) is 1. The van der Waals surface area contributed by atoms with E-state index < -0.39 is 5.41 Å². The van der Waals surface area contributed by atoms with Crippen molar-refractivity contribution >= 4 is 5.97 Å². The fraction of sp³-hybridized carbons (Fsp3) is 0.571. The topological polar surface area (TPSA) is 26.3 Å². The molecule has 0 atom stereocenters. The van der Waals surface area contributed by atoms with Gasteiger partial charge in [0, 0.05) is 12.3 Å². The summed E-state index contributed by atoms with van der Waals surface area (Å²) < 4.78 is 4.64. The van der Waals surface area contributed by atoms with E-state index in [4.69, 9.17) is 0 Å². The number of carbonyl (C=O) groups excluding carboxylic acids is 1. The molecule has 0 spiro atoms. The van der Waals surface area contributed by atoms with Gasteiger partial charge in [-0.25, -0.2) is 0 Å². The quantitative estimate of drug-likeness (QED) is 0.523. The summed E-state index contributed by atoms with van der Waals surface area (Å²) >= 11 is 0. The van der Waals surface area contributed by atoms with Gasteiger partial charge in [0.15, 0.2) is 0 Å². The highest BCUT2D eigenvalue weighted by molar-refractivity contribution is 5.65. The summed E-state index contributed by atoms with van der Waals surface area (Å²) in [6, 6.07) is 0. The minimum Gasteiger partial charge on any atom is -0.465 e. The monoisotopic (exact) mass is 128 g/mol. The highest BCUT2D eigenvalue weighted by Crippen LogP contribution is 2.10. The molecule has 2 radical (unpaired) electrons. The molecule has 9 heavy (non-hydrogen) atoms. The van der Waals surface area contributed by atoms with Crippen molar-refractivity contribution in [2.45, 2.75) is 13.8 Å². The third-order valence-electron chi connectivity index (χ3n) is 0.624. The number of hydrogen-bond donors (Lipinski definition) is 0. The van der Waals surface area contributed by atoms with Gasteiger partial charge in [-0.15, -0.1) is 0 Å². The van der Waals surface area contributed by atoms with Gasteiger partial charge in [-0.1, -0.05) is 6.92 Å². The van der Waals surface area contributed by atoms with Crippen molar-refractivity contribution in [3.8, 4) is 0 Å².